The molecule has 0 radical (unpaired) electrons. The van der Waals surface area contributed by atoms with Crippen molar-refractivity contribution >= 4 is 17.5 Å². The highest BCUT2D eigenvalue weighted by Gasteiger charge is 2.21. The number of nitrogens with one attached hydrogen (secondary N) is 1. The van der Waals surface area contributed by atoms with E-state index in [2.05, 4.69) is 22.3 Å². The van der Waals surface area contributed by atoms with Gasteiger partial charge in [0.05, 0.1) is 10.6 Å². The van der Waals surface area contributed by atoms with Gasteiger partial charge in [-0.2, -0.15) is 0 Å². The SMILES string of the molecule is CC(CNC(=O)c1cc(F)c(F)cc1Cl)N1CCc2ccccc2C1. The van der Waals surface area contributed by atoms with Gasteiger partial charge in [-0.1, -0.05) is 35.9 Å². The zero-order chi connectivity index (χ0) is 18.0. The van der Waals surface area contributed by atoms with Crippen LogP contribution >= 0.6 is 11.6 Å². The van der Waals surface area contributed by atoms with Gasteiger partial charge in [0.25, 0.3) is 5.91 Å². The Hall–Kier alpha value is -1.98. The van der Waals surface area contributed by atoms with Crippen LogP contribution in [-0.4, -0.2) is 29.9 Å². The lowest BCUT2D eigenvalue weighted by Crippen LogP contribution is -2.44. The summed E-state index contributed by atoms with van der Waals surface area (Å²) in [6.45, 7) is 4.18. The van der Waals surface area contributed by atoms with Crippen LogP contribution in [0.25, 0.3) is 0 Å². The summed E-state index contributed by atoms with van der Waals surface area (Å²) in [6.07, 6.45) is 0.976. The summed E-state index contributed by atoms with van der Waals surface area (Å²) in [5, 5.41) is 2.65. The summed E-state index contributed by atoms with van der Waals surface area (Å²) in [6, 6.07) is 10.1. The molecule has 1 N–H and O–H groups in total. The van der Waals surface area contributed by atoms with Crippen LogP contribution in [0.15, 0.2) is 36.4 Å². The van der Waals surface area contributed by atoms with E-state index in [4.69, 9.17) is 11.6 Å². The maximum absolute atomic E-state index is 13.3. The Morgan fingerprint density at radius 1 is 1.24 bits per heavy atom. The maximum atomic E-state index is 13.3. The minimum atomic E-state index is -1.09. The van der Waals surface area contributed by atoms with Crippen LogP contribution in [-0.2, 0) is 13.0 Å². The van der Waals surface area contributed by atoms with Crippen LogP contribution in [0, 0.1) is 11.6 Å². The fourth-order valence-corrected chi connectivity index (χ4v) is 3.29. The lowest BCUT2D eigenvalue weighted by molar-refractivity contribution is 0.0932. The average Bonchev–Trinajstić information content (AvgIpc) is 2.62. The van der Waals surface area contributed by atoms with E-state index >= 15 is 0 Å². The molecule has 0 saturated heterocycles. The molecule has 0 fully saturated rings. The van der Waals surface area contributed by atoms with Crippen molar-refractivity contribution in [2.75, 3.05) is 13.1 Å². The molecule has 0 aromatic heterocycles. The highest BCUT2D eigenvalue weighted by molar-refractivity contribution is 6.33. The van der Waals surface area contributed by atoms with Crippen molar-refractivity contribution in [3.05, 3.63) is 69.7 Å². The van der Waals surface area contributed by atoms with Crippen molar-refractivity contribution < 1.29 is 13.6 Å². The second-order valence-corrected chi connectivity index (χ2v) is 6.70. The van der Waals surface area contributed by atoms with E-state index in [1.54, 1.807) is 0 Å². The summed E-state index contributed by atoms with van der Waals surface area (Å²) in [5.74, 6) is -2.66. The molecule has 0 saturated carbocycles. The van der Waals surface area contributed by atoms with Crippen LogP contribution in [0.5, 0.6) is 0 Å². The van der Waals surface area contributed by atoms with Crippen LogP contribution < -0.4 is 5.32 Å². The monoisotopic (exact) mass is 364 g/mol. The number of hydrogen-bond donors (Lipinski definition) is 1. The summed E-state index contributed by atoms with van der Waals surface area (Å²) < 4.78 is 26.4. The molecule has 3 rings (SSSR count). The number of carbonyl (C=O) groups excluding carboxylic acids is 1. The number of carbonyl (C=O) groups is 1. The molecule has 1 heterocycles. The normalized spacial score (nSPS) is 15.5. The lowest BCUT2D eigenvalue weighted by atomic mass is 9.99. The minimum Gasteiger partial charge on any atom is -0.350 e. The maximum Gasteiger partial charge on any atom is 0.252 e. The molecule has 2 aromatic rings. The van der Waals surface area contributed by atoms with Gasteiger partial charge >= 0.3 is 0 Å². The number of halogens is 3. The second-order valence-electron chi connectivity index (χ2n) is 6.29. The topological polar surface area (TPSA) is 32.3 Å². The number of hydrogen-bond acceptors (Lipinski definition) is 2. The predicted octanol–water partition coefficient (Wildman–Crippen LogP) is 3.79. The summed E-state index contributed by atoms with van der Waals surface area (Å²) in [4.78, 5) is 14.5. The lowest BCUT2D eigenvalue weighted by Gasteiger charge is -2.33. The van der Waals surface area contributed by atoms with Gasteiger partial charge in [-0.3, -0.25) is 9.69 Å². The zero-order valence-corrected chi connectivity index (χ0v) is 14.6. The highest BCUT2D eigenvalue weighted by atomic mass is 35.5. The molecule has 1 aliphatic rings. The minimum absolute atomic E-state index is 0.0586. The van der Waals surface area contributed by atoms with Crippen molar-refractivity contribution in [1.82, 2.24) is 10.2 Å². The molecule has 0 aliphatic carbocycles. The zero-order valence-electron chi connectivity index (χ0n) is 13.9. The molecule has 3 nitrogen and oxygen atoms in total. The van der Waals surface area contributed by atoms with E-state index in [1.165, 1.54) is 11.1 Å². The third-order valence-electron chi connectivity index (χ3n) is 4.60. The van der Waals surface area contributed by atoms with Crippen LogP contribution in [0.1, 0.15) is 28.4 Å². The molecule has 2 aromatic carbocycles. The number of rotatable bonds is 4. The molecular formula is C19H19ClF2N2O. The summed E-state index contributed by atoms with van der Waals surface area (Å²) in [5.41, 5.74) is 2.61. The molecule has 0 spiro atoms. The van der Waals surface area contributed by atoms with E-state index in [-0.39, 0.29) is 16.6 Å². The molecule has 25 heavy (non-hydrogen) atoms. The van der Waals surface area contributed by atoms with Gasteiger partial charge < -0.3 is 5.32 Å². The smallest absolute Gasteiger partial charge is 0.252 e. The Labute approximate surface area is 150 Å². The Bertz CT molecular complexity index is 797. The van der Waals surface area contributed by atoms with Crippen molar-refractivity contribution in [1.29, 1.82) is 0 Å². The first kappa shape index (κ1) is 17.8. The molecule has 1 amide bonds. The van der Waals surface area contributed by atoms with Crippen molar-refractivity contribution in [3.63, 3.8) is 0 Å². The molecule has 1 unspecified atom stereocenters. The first-order valence-electron chi connectivity index (χ1n) is 8.19. The van der Waals surface area contributed by atoms with Crippen molar-refractivity contribution in [3.8, 4) is 0 Å². The predicted molar refractivity (Wildman–Crippen MR) is 93.7 cm³/mol. The van der Waals surface area contributed by atoms with E-state index in [9.17, 15) is 13.6 Å². The summed E-state index contributed by atoms with van der Waals surface area (Å²) in [7, 11) is 0. The summed E-state index contributed by atoms with van der Waals surface area (Å²) >= 11 is 5.84. The first-order chi connectivity index (χ1) is 12.0. The Balaban J connectivity index is 1.60. The van der Waals surface area contributed by atoms with Gasteiger partial charge in [0, 0.05) is 25.7 Å². The van der Waals surface area contributed by atoms with E-state index in [1.807, 2.05) is 19.1 Å². The second kappa shape index (κ2) is 7.50. The van der Waals surface area contributed by atoms with Crippen molar-refractivity contribution in [2.24, 2.45) is 0 Å². The van der Waals surface area contributed by atoms with Gasteiger partial charge in [-0.25, -0.2) is 8.78 Å². The number of nitrogens with zero attached hydrogens (tertiary/aromatic N) is 1. The van der Waals surface area contributed by atoms with E-state index in [0.717, 1.165) is 31.6 Å². The Morgan fingerprint density at radius 2 is 1.92 bits per heavy atom. The van der Waals surface area contributed by atoms with Crippen LogP contribution in [0.2, 0.25) is 5.02 Å². The standard InChI is InChI=1S/C19H19ClF2N2O/c1-12(24-7-6-13-4-2-3-5-14(13)11-24)10-23-19(25)15-8-17(21)18(22)9-16(15)20/h2-5,8-9,12H,6-7,10-11H2,1H3,(H,23,25). The average molecular weight is 365 g/mol. The molecule has 132 valence electrons. The van der Waals surface area contributed by atoms with Crippen molar-refractivity contribution in [2.45, 2.75) is 25.9 Å². The van der Waals surface area contributed by atoms with Gasteiger partial charge in [0.1, 0.15) is 0 Å². The third-order valence-corrected chi connectivity index (χ3v) is 4.91. The fraction of sp³-hybridized carbons (Fsp3) is 0.316. The van der Waals surface area contributed by atoms with Crippen LogP contribution in [0.4, 0.5) is 8.78 Å². The van der Waals surface area contributed by atoms with Gasteiger partial charge in [0.15, 0.2) is 11.6 Å². The first-order valence-corrected chi connectivity index (χ1v) is 8.57. The Kier molecular flexibility index (Phi) is 5.35. The molecule has 6 heteroatoms. The largest absolute Gasteiger partial charge is 0.350 e. The number of benzene rings is 2. The van der Waals surface area contributed by atoms with Gasteiger partial charge in [0.2, 0.25) is 0 Å². The number of amides is 1. The van der Waals surface area contributed by atoms with Crippen LogP contribution in [0.3, 0.4) is 0 Å². The van der Waals surface area contributed by atoms with E-state index in [0.29, 0.717) is 6.54 Å². The molecule has 1 atom stereocenters. The number of fused-ring (bicyclic) bond motifs is 1. The molecule has 1 aliphatic heterocycles. The highest BCUT2D eigenvalue weighted by Crippen LogP contribution is 2.21. The third kappa shape index (κ3) is 3.99. The quantitative estimate of drug-likeness (QED) is 0.837. The molecular weight excluding hydrogens is 346 g/mol. The van der Waals surface area contributed by atoms with Gasteiger partial charge in [-0.05, 0) is 36.6 Å². The molecule has 0 bridgehead atoms. The van der Waals surface area contributed by atoms with Gasteiger partial charge in [-0.15, -0.1) is 0 Å². The van der Waals surface area contributed by atoms with E-state index < -0.39 is 17.5 Å². The fourth-order valence-electron chi connectivity index (χ4n) is 3.06. The Morgan fingerprint density at radius 3 is 2.68 bits per heavy atom.